The van der Waals surface area contributed by atoms with Crippen LogP contribution < -0.4 is 5.32 Å². The molecular formula is C9H10NO. The van der Waals surface area contributed by atoms with Crippen LogP contribution in [0.25, 0.3) is 0 Å². The molecule has 1 heterocycles. The van der Waals surface area contributed by atoms with Crippen LogP contribution in [0.4, 0.5) is 5.69 Å². The van der Waals surface area contributed by atoms with Gasteiger partial charge >= 0.3 is 0 Å². The van der Waals surface area contributed by atoms with E-state index in [1.54, 1.807) is 0 Å². The Labute approximate surface area is 65.9 Å². The predicted molar refractivity (Wildman–Crippen MR) is 44.3 cm³/mol. The number of para-hydroxylation sites is 1. The summed E-state index contributed by atoms with van der Waals surface area (Å²) in [5.74, 6) is 0. The fraction of sp³-hybridized carbons (Fsp3) is 0.222. The molecule has 2 heteroatoms. The number of nitrogens with one attached hydrogen (secondary N) is 1. The van der Waals surface area contributed by atoms with Crippen molar-refractivity contribution >= 4 is 5.69 Å². The molecular weight excluding hydrogens is 138 g/mol. The van der Waals surface area contributed by atoms with Gasteiger partial charge in [-0.3, -0.25) is 0 Å². The van der Waals surface area contributed by atoms with Gasteiger partial charge in [0.25, 0.3) is 0 Å². The van der Waals surface area contributed by atoms with Crippen molar-refractivity contribution < 1.29 is 5.11 Å². The van der Waals surface area contributed by atoms with E-state index in [0.29, 0.717) is 0 Å². The van der Waals surface area contributed by atoms with Crippen molar-refractivity contribution in [3.8, 4) is 0 Å². The van der Waals surface area contributed by atoms with Crippen LogP contribution >= 0.6 is 0 Å². The van der Waals surface area contributed by atoms with Crippen LogP contribution in [0.15, 0.2) is 24.3 Å². The largest absolute Gasteiger partial charge is 0.394 e. The molecule has 0 amide bonds. The van der Waals surface area contributed by atoms with E-state index in [0.717, 1.165) is 5.69 Å². The molecule has 0 aliphatic carbocycles. The minimum absolute atomic E-state index is 0.104. The third-order valence-corrected chi connectivity index (χ3v) is 1.88. The minimum Gasteiger partial charge on any atom is -0.394 e. The SMILES string of the molecule is OCC1[CH]c2ccccc2N1. The number of fused-ring (bicyclic) bond motifs is 1. The zero-order valence-electron chi connectivity index (χ0n) is 6.12. The van der Waals surface area contributed by atoms with Gasteiger partial charge in [-0.25, -0.2) is 0 Å². The van der Waals surface area contributed by atoms with E-state index < -0.39 is 0 Å². The zero-order chi connectivity index (χ0) is 7.68. The Morgan fingerprint density at radius 1 is 1.36 bits per heavy atom. The molecule has 1 radical (unpaired) electrons. The van der Waals surface area contributed by atoms with Gasteiger partial charge in [0.2, 0.25) is 0 Å². The Morgan fingerprint density at radius 3 is 2.91 bits per heavy atom. The van der Waals surface area contributed by atoms with Crippen LogP contribution in [0.2, 0.25) is 0 Å². The standard InChI is InChI=1S/C9H10NO/c11-6-8-5-7-3-1-2-4-9(7)10-8/h1-5,8,10-11H,6H2. The lowest BCUT2D eigenvalue weighted by molar-refractivity contribution is 0.288. The van der Waals surface area contributed by atoms with Gasteiger partial charge in [-0.15, -0.1) is 0 Å². The van der Waals surface area contributed by atoms with E-state index >= 15 is 0 Å². The summed E-state index contributed by atoms with van der Waals surface area (Å²) in [7, 11) is 0. The minimum atomic E-state index is 0.104. The summed E-state index contributed by atoms with van der Waals surface area (Å²) in [6.45, 7) is 0.161. The summed E-state index contributed by atoms with van der Waals surface area (Å²) in [4.78, 5) is 0. The molecule has 57 valence electrons. The fourth-order valence-corrected chi connectivity index (χ4v) is 1.33. The molecule has 0 spiro atoms. The third-order valence-electron chi connectivity index (χ3n) is 1.88. The van der Waals surface area contributed by atoms with Crippen LogP contribution in [-0.4, -0.2) is 17.8 Å². The molecule has 0 bridgehead atoms. The highest BCUT2D eigenvalue weighted by Crippen LogP contribution is 2.26. The van der Waals surface area contributed by atoms with Crippen LogP contribution in [0.1, 0.15) is 5.56 Å². The molecule has 0 fully saturated rings. The summed E-state index contributed by atoms with van der Waals surface area (Å²) in [6.07, 6.45) is 2.04. The van der Waals surface area contributed by atoms with Crippen LogP contribution in [0, 0.1) is 6.42 Å². The van der Waals surface area contributed by atoms with Crippen molar-refractivity contribution in [1.82, 2.24) is 0 Å². The molecule has 1 atom stereocenters. The first kappa shape index (κ1) is 6.68. The molecule has 1 aliphatic heterocycles. The number of aliphatic hydroxyl groups excluding tert-OH is 1. The Kier molecular flexibility index (Phi) is 1.55. The van der Waals surface area contributed by atoms with Gasteiger partial charge in [-0.05, 0) is 11.6 Å². The summed E-state index contributed by atoms with van der Waals surface area (Å²) < 4.78 is 0. The van der Waals surface area contributed by atoms with Gasteiger partial charge in [-0.2, -0.15) is 0 Å². The second kappa shape index (κ2) is 2.55. The summed E-state index contributed by atoms with van der Waals surface area (Å²) >= 11 is 0. The molecule has 1 aromatic rings. The molecule has 2 nitrogen and oxygen atoms in total. The lowest BCUT2D eigenvalue weighted by Crippen LogP contribution is -2.18. The van der Waals surface area contributed by atoms with E-state index in [1.165, 1.54) is 5.56 Å². The Hall–Kier alpha value is -1.02. The first-order valence-corrected chi connectivity index (χ1v) is 3.71. The molecule has 2 rings (SSSR count). The lowest BCUT2D eigenvalue weighted by atomic mass is 10.1. The molecule has 1 aromatic carbocycles. The van der Waals surface area contributed by atoms with E-state index in [2.05, 4.69) is 5.32 Å². The normalized spacial score (nSPS) is 21.0. The summed E-state index contributed by atoms with van der Waals surface area (Å²) in [5.41, 5.74) is 2.30. The molecule has 11 heavy (non-hydrogen) atoms. The van der Waals surface area contributed by atoms with Crippen molar-refractivity contribution in [2.24, 2.45) is 0 Å². The van der Waals surface area contributed by atoms with Crippen molar-refractivity contribution in [3.05, 3.63) is 36.2 Å². The molecule has 0 saturated carbocycles. The smallest absolute Gasteiger partial charge is 0.0639 e. The number of anilines is 1. The zero-order valence-corrected chi connectivity index (χ0v) is 6.12. The van der Waals surface area contributed by atoms with Gasteiger partial charge in [0, 0.05) is 12.1 Å². The van der Waals surface area contributed by atoms with Crippen LogP contribution in [0.3, 0.4) is 0 Å². The maximum atomic E-state index is 8.84. The topological polar surface area (TPSA) is 32.3 Å². The molecule has 2 N–H and O–H groups in total. The maximum Gasteiger partial charge on any atom is 0.0639 e. The van der Waals surface area contributed by atoms with Gasteiger partial charge in [-0.1, -0.05) is 18.2 Å². The van der Waals surface area contributed by atoms with Gasteiger partial charge in [0.1, 0.15) is 0 Å². The number of rotatable bonds is 1. The lowest BCUT2D eigenvalue weighted by Gasteiger charge is -2.04. The van der Waals surface area contributed by atoms with Crippen molar-refractivity contribution in [1.29, 1.82) is 0 Å². The van der Waals surface area contributed by atoms with Crippen LogP contribution in [0.5, 0.6) is 0 Å². The number of benzene rings is 1. The van der Waals surface area contributed by atoms with Gasteiger partial charge in [0.15, 0.2) is 0 Å². The highest BCUT2D eigenvalue weighted by Gasteiger charge is 2.18. The summed E-state index contributed by atoms with van der Waals surface area (Å²) in [5, 5.41) is 12.0. The predicted octanol–water partition coefficient (Wildman–Crippen LogP) is 1.03. The van der Waals surface area contributed by atoms with Crippen molar-refractivity contribution in [3.63, 3.8) is 0 Å². The average molecular weight is 148 g/mol. The van der Waals surface area contributed by atoms with E-state index in [1.807, 2.05) is 30.7 Å². The quantitative estimate of drug-likeness (QED) is 0.623. The number of aliphatic hydroxyl groups is 1. The average Bonchev–Trinajstić information content (AvgIpc) is 2.46. The third kappa shape index (κ3) is 1.10. The van der Waals surface area contributed by atoms with E-state index in [9.17, 15) is 0 Å². The molecule has 1 aliphatic rings. The van der Waals surface area contributed by atoms with Crippen LogP contribution in [-0.2, 0) is 0 Å². The molecule has 1 unspecified atom stereocenters. The summed E-state index contributed by atoms with van der Waals surface area (Å²) in [6, 6.07) is 8.14. The van der Waals surface area contributed by atoms with Crippen molar-refractivity contribution in [2.45, 2.75) is 6.04 Å². The van der Waals surface area contributed by atoms with Gasteiger partial charge < -0.3 is 10.4 Å². The Bertz CT molecular complexity index is 234. The molecule has 0 saturated heterocycles. The second-order valence-electron chi connectivity index (χ2n) is 2.69. The first-order chi connectivity index (χ1) is 5.40. The van der Waals surface area contributed by atoms with Crippen molar-refractivity contribution in [2.75, 3.05) is 11.9 Å². The number of hydrogen-bond donors (Lipinski definition) is 2. The van der Waals surface area contributed by atoms with E-state index in [-0.39, 0.29) is 12.6 Å². The Morgan fingerprint density at radius 2 is 2.18 bits per heavy atom. The highest BCUT2D eigenvalue weighted by molar-refractivity contribution is 5.61. The number of hydrogen-bond acceptors (Lipinski definition) is 2. The Balaban J connectivity index is 2.27. The van der Waals surface area contributed by atoms with Gasteiger partial charge in [0.05, 0.1) is 12.6 Å². The monoisotopic (exact) mass is 148 g/mol. The highest BCUT2D eigenvalue weighted by atomic mass is 16.3. The first-order valence-electron chi connectivity index (χ1n) is 3.71. The molecule has 0 aromatic heterocycles. The van der Waals surface area contributed by atoms with E-state index in [4.69, 9.17) is 5.11 Å². The second-order valence-corrected chi connectivity index (χ2v) is 2.69. The fourth-order valence-electron chi connectivity index (χ4n) is 1.33. The maximum absolute atomic E-state index is 8.84.